The maximum atomic E-state index is 12.0. The van der Waals surface area contributed by atoms with Gasteiger partial charge < -0.3 is 14.8 Å². The molecule has 0 aliphatic heterocycles. The highest BCUT2D eigenvalue weighted by Gasteiger charge is 2.21. The van der Waals surface area contributed by atoms with Crippen molar-refractivity contribution in [2.24, 2.45) is 0 Å². The standard InChI is InChI=1S/C17H22N2O4S/c1-6-12-8-13(16(21)22-7-2)14(24-12)19-10-11(9-18)15(20)23-17(3,4)5/h8,10,19H,6-7H2,1-5H3. The van der Waals surface area contributed by atoms with Crippen molar-refractivity contribution in [3.05, 3.63) is 28.3 Å². The number of esters is 2. The zero-order chi connectivity index (χ0) is 18.3. The van der Waals surface area contributed by atoms with Crippen molar-refractivity contribution in [3.63, 3.8) is 0 Å². The minimum absolute atomic E-state index is 0.175. The zero-order valence-corrected chi connectivity index (χ0v) is 15.4. The number of carbonyl (C=O) groups is 2. The van der Waals surface area contributed by atoms with Crippen LogP contribution in [0.3, 0.4) is 0 Å². The molecule has 0 amide bonds. The lowest BCUT2D eigenvalue weighted by molar-refractivity contribution is -0.149. The Hall–Kier alpha value is -2.33. The molecule has 0 atom stereocenters. The predicted molar refractivity (Wildman–Crippen MR) is 92.8 cm³/mol. The Morgan fingerprint density at radius 1 is 1.38 bits per heavy atom. The van der Waals surface area contributed by atoms with E-state index in [9.17, 15) is 9.59 Å². The fraction of sp³-hybridized carbons (Fsp3) is 0.471. The highest BCUT2D eigenvalue weighted by Crippen LogP contribution is 2.29. The van der Waals surface area contributed by atoms with Crippen LogP contribution in [-0.2, 0) is 20.7 Å². The number of nitriles is 1. The summed E-state index contributed by atoms with van der Waals surface area (Å²) in [6, 6.07) is 3.55. The monoisotopic (exact) mass is 350 g/mol. The van der Waals surface area contributed by atoms with E-state index in [1.54, 1.807) is 39.8 Å². The molecule has 1 heterocycles. The van der Waals surface area contributed by atoms with Crippen molar-refractivity contribution in [1.29, 1.82) is 5.26 Å². The molecule has 1 N–H and O–H groups in total. The van der Waals surface area contributed by atoms with Gasteiger partial charge >= 0.3 is 11.9 Å². The smallest absolute Gasteiger partial charge is 0.350 e. The number of hydrogen-bond acceptors (Lipinski definition) is 7. The van der Waals surface area contributed by atoms with E-state index in [0.29, 0.717) is 10.6 Å². The lowest BCUT2D eigenvalue weighted by Crippen LogP contribution is -2.24. The normalized spacial score (nSPS) is 11.6. The van der Waals surface area contributed by atoms with Gasteiger partial charge in [-0.15, -0.1) is 11.3 Å². The van der Waals surface area contributed by atoms with Gasteiger partial charge in [0, 0.05) is 11.1 Å². The Kier molecular flexibility index (Phi) is 6.98. The Balaban J connectivity index is 3.02. The molecule has 130 valence electrons. The van der Waals surface area contributed by atoms with Gasteiger partial charge in [-0.3, -0.25) is 0 Å². The van der Waals surface area contributed by atoms with E-state index >= 15 is 0 Å². The first-order valence-corrected chi connectivity index (χ1v) is 8.43. The molecule has 1 aromatic heterocycles. The molecule has 0 aliphatic carbocycles. The number of carbonyl (C=O) groups excluding carboxylic acids is 2. The number of rotatable bonds is 6. The molecule has 0 bridgehead atoms. The van der Waals surface area contributed by atoms with Crippen molar-refractivity contribution in [3.8, 4) is 6.07 Å². The highest BCUT2D eigenvalue weighted by molar-refractivity contribution is 7.16. The van der Waals surface area contributed by atoms with Crippen LogP contribution in [0.2, 0.25) is 0 Å². The number of anilines is 1. The molecule has 0 saturated heterocycles. The number of ether oxygens (including phenoxy) is 2. The van der Waals surface area contributed by atoms with Crippen LogP contribution < -0.4 is 5.32 Å². The SMILES string of the molecule is CCOC(=O)c1cc(CC)sc1NC=C(C#N)C(=O)OC(C)(C)C. The van der Waals surface area contributed by atoms with E-state index in [2.05, 4.69) is 5.32 Å². The van der Waals surface area contributed by atoms with Gasteiger partial charge in [-0.2, -0.15) is 5.26 Å². The number of thiophene rings is 1. The van der Waals surface area contributed by atoms with Gasteiger partial charge in [0.15, 0.2) is 5.57 Å². The average Bonchev–Trinajstić information content (AvgIpc) is 2.89. The van der Waals surface area contributed by atoms with Crippen molar-refractivity contribution in [1.82, 2.24) is 0 Å². The second kappa shape index (κ2) is 8.50. The Morgan fingerprint density at radius 3 is 2.54 bits per heavy atom. The maximum absolute atomic E-state index is 12.0. The molecule has 1 aromatic rings. The maximum Gasteiger partial charge on any atom is 0.350 e. The van der Waals surface area contributed by atoms with Crippen LogP contribution in [-0.4, -0.2) is 24.1 Å². The molecule has 0 aliphatic rings. The minimum Gasteiger partial charge on any atom is -0.462 e. The molecule has 6 nitrogen and oxygen atoms in total. The number of hydrogen-bond donors (Lipinski definition) is 1. The molecule has 1 rings (SSSR count). The van der Waals surface area contributed by atoms with Gasteiger partial charge in [-0.1, -0.05) is 6.92 Å². The van der Waals surface area contributed by atoms with Crippen molar-refractivity contribution >= 4 is 28.3 Å². The summed E-state index contributed by atoms with van der Waals surface area (Å²) >= 11 is 1.37. The number of aryl methyl sites for hydroxylation is 1. The van der Waals surface area contributed by atoms with E-state index in [1.807, 2.05) is 6.92 Å². The van der Waals surface area contributed by atoms with Gasteiger partial charge in [0.2, 0.25) is 0 Å². The average molecular weight is 350 g/mol. The molecular formula is C17H22N2O4S. The largest absolute Gasteiger partial charge is 0.462 e. The van der Waals surface area contributed by atoms with Crippen LogP contribution in [0.4, 0.5) is 5.00 Å². The van der Waals surface area contributed by atoms with Gasteiger partial charge in [0.05, 0.1) is 12.2 Å². The highest BCUT2D eigenvalue weighted by atomic mass is 32.1. The Morgan fingerprint density at radius 2 is 2.04 bits per heavy atom. The van der Waals surface area contributed by atoms with E-state index < -0.39 is 17.5 Å². The summed E-state index contributed by atoms with van der Waals surface area (Å²) < 4.78 is 10.2. The van der Waals surface area contributed by atoms with Gasteiger partial charge in [-0.25, -0.2) is 9.59 Å². The predicted octanol–water partition coefficient (Wildman–Crippen LogP) is 3.65. The second-order valence-electron chi connectivity index (χ2n) is 5.85. The fourth-order valence-corrected chi connectivity index (χ4v) is 2.64. The van der Waals surface area contributed by atoms with Crippen LogP contribution in [0, 0.1) is 11.3 Å². The van der Waals surface area contributed by atoms with E-state index in [-0.39, 0.29) is 12.2 Å². The van der Waals surface area contributed by atoms with Crippen LogP contribution in [0.5, 0.6) is 0 Å². The van der Waals surface area contributed by atoms with Crippen LogP contribution >= 0.6 is 11.3 Å². The van der Waals surface area contributed by atoms with E-state index in [1.165, 1.54) is 17.5 Å². The molecule has 0 aromatic carbocycles. The molecule has 24 heavy (non-hydrogen) atoms. The summed E-state index contributed by atoms with van der Waals surface area (Å²) in [6.07, 6.45) is 2.02. The summed E-state index contributed by atoms with van der Waals surface area (Å²) in [6.45, 7) is 9.14. The Labute approximate surface area is 146 Å². The lowest BCUT2D eigenvalue weighted by atomic mass is 10.2. The second-order valence-corrected chi connectivity index (χ2v) is 6.98. The molecule has 0 fully saturated rings. The van der Waals surface area contributed by atoms with Gasteiger partial charge in [0.25, 0.3) is 0 Å². The first-order chi connectivity index (χ1) is 11.2. The van der Waals surface area contributed by atoms with Crippen molar-refractivity contribution in [2.45, 2.75) is 46.6 Å². The van der Waals surface area contributed by atoms with Crippen LogP contribution in [0.15, 0.2) is 17.8 Å². The van der Waals surface area contributed by atoms with Crippen molar-refractivity contribution in [2.75, 3.05) is 11.9 Å². The summed E-state index contributed by atoms with van der Waals surface area (Å²) in [5.41, 5.74) is -0.482. The van der Waals surface area contributed by atoms with Crippen LogP contribution in [0.25, 0.3) is 0 Å². The van der Waals surface area contributed by atoms with Crippen LogP contribution in [0.1, 0.15) is 49.9 Å². The minimum atomic E-state index is -0.720. The quantitative estimate of drug-likeness (QED) is 0.478. The molecule has 0 saturated carbocycles. The number of nitrogens with one attached hydrogen (secondary N) is 1. The zero-order valence-electron chi connectivity index (χ0n) is 14.6. The summed E-state index contributed by atoms with van der Waals surface area (Å²) in [5.74, 6) is -1.16. The Bertz CT molecular complexity index is 678. The topological polar surface area (TPSA) is 88.4 Å². The molecule has 7 heteroatoms. The lowest BCUT2D eigenvalue weighted by Gasteiger charge is -2.18. The van der Waals surface area contributed by atoms with Crippen molar-refractivity contribution < 1.29 is 19.1 Å². The first kappa shape index (κ1) is 19.7. The summed E-state index contributed by atoms with van der Waals surface area (Å²) in [4.78, 5) is 24.9. The van der Waals surface area contributed by atoms with E-state index in [0.717, 1.165) is 11.3 Å². The summed E-state index contributed by atoms with van der Waals surface area (Å²) in [7, 11) is 0. The van der Waals surface area contributed by atoms with Gasteiger partial charge in [0.1, 0.15) is 16.7 Å². The molecule has 0 radical (unpaired) electrons. The van der Waals surface area contributed by atoms with Gasteiger partial charge in [-0.05, 0) is 40.2 Å². The molecule has 0 spiro atoms. The van der Waals surface area contributed by atoms with E-state index in [4.69, 9.17) is 14.7 Å². The summed E-state index contributed by atoms with van der Waals surface area (Å²) in [5, 5.41) is 12.5. The number of nitrogens with zero attached hydrogens (tertiary/aromatic N) is 1. The fourth-order valence-electron chi connectivity index (χ4n) is 1.69. The third kappa shape index (κ3) is 5.70. The third-order valence-electron chi connectivity index (χ3n) is 2.71. The molecule has 0 unspecified atom stereocenters. The third-order valence-corrected chi connectivity index (χ3v) is 3.92. The first-order valence-electron chi connectivity index (χ1n) is 7.61. The molecular weight excluding hydrogens is 328 g/mol.